The van der Waals surface area contributed by atoms with E-state index in [4.69, 9.17) is 5.11 Å². The number of rotatable bonds is 2. The van der Waals surface area contributed by atoms with Crippen molar-refractivity contribution in [1.29, 1.82) is 0 Å². The number of carboxylic acids is 1. The fraction of sp³-hybridized carbons (Fsp3) is 0.833. The van der Waals surface area contributed by atoms with Crippen molar-refractivity contribution in [1.82, 2.24) is 5.32 Å². The Morgan fingerprint density at radius 3 is 2.56 bits per heavy atom. The molecule has 1 heterocycles. The molecular weight excluding hydrogens is 118 g/mol. The van der Waals surface area contributed by atoms with E-state index in [1.807, 2.05) is 0 Å². The summed E-state index contributed by atoms with van der Waals surface area (Å²) in [4.78, 5) is 10.2. The van der Waals surface area contributed by atoms with Gasteiger partial charge in [-0.1, -0.05) is 0 Å². The van der Waals surface area contributed by atoms with Crippen molar-refractivity contribution in [3.05, 3.63) is 0 Å². The molecule has 2 rings (SSSR count). The minimum absolute atomic E-state index is 0.211. The second-order valence-corrected chi connectivity index (χ2v) is 2.85. The first-order valence-electron chi connectivity index (χ1n) is 3.28. The number of hydrogen-bond donors (Lipinski definition) is 2. The molecule has 0 aromatic carbocycles. The van der Waals surface area contributed by atoms with Crippen LogP contribution in [0.4, 0.5) is 0 Å². The molecule has 1 aliphatic heterocycles. The van der Waals surface area contributed by atoms with Crippen LogP contribution in [0.25, 0.3) is 0 Å². The second-order valence-electron chi connectivity index (χ2n) is 2.85. The quantitative estimate of drug-likeness (QED) is 0.506. The molecule has 1 saturated heterocycles. The van der Waals surface area contributed by atoms with Crippen LogP contribution in [0.5, 0.6) is 0 Å². The van der Waals surface area contributed by atoms with Crippen molar-refractivity contribution in [2.24, 2.45) is 5.92 Å². The van der Waals surface area contributed by atoms with E-state index < -0.39 is 5.97 Å². The summed E-state index contributed by atoms with van der Waals surface area (Å²) in [6.45, 7) is 0. The molecule has 2 fully saturated rings. The van der Waals surface area contributed by atoms with Gasteiger partial charge in [0, 0.05) is 6.04 Å². The Bertz CT molecular complexity index is 153. The molecule has 0 spiro atoms. The summed E-state index contributed by atoms with van der Waals surface area (Å²) in [6.07, 6.45) is 2.45. The van der Waals surface area contributed by atoms with Gasteiger partial charge in [-0.3, -0.25) is 10.1 Å². The Hall–Kier alpha value is -0.570. The normalized spacial score (nSPS) is 40.4. The fourth-order valence-electron chi connectivity index (χ4n) is 1.24. The molecule has 50 valence electrons. The molecule has 0 radical (unpaired) electrons. The maximum absolute atomic E-state index is 10.2. The Morgan fingerprint density at radius 2 is 2.22 bits per heavy atom. The summed E-state index contributed by atoms with van der Waals surface area (Å²) in [5, 5.41) is 11.4. The van der Waals surface area contributed by atoms with Crippen LogP contribution in [-0.4, -0.2) is 23.2 Å². The smallest absolute Gasteiger partial charge is 0.322 e. The third kappa shape index (κ3) is 0.812. The molecule has 2 atom stereocenters. The summed E-state index contributed by atoms with van der Waals surface area (Å²) >= 11 is 0. The molecule has 2 aliphatic rings. The monoisotopic (exact) mass is 127 g/mol. The molecule has 3 heteroatoms. The highest BCUT2D eigenvalue weighted by atomic mass is 16.4. The zero-order valence-electron chi connectivity index (χ0n) is 5.00. The van der Waals surface area contributed by atoms with Crippen molar-refractivity contribution in [3.8, 4) is 0 Å². The van der Waals surface area contributed by atoms with Crippen LogP contribution in [0, 0.1) is 5.92 Å². The molecule has 1 saturated carbocycles. The summed E-state index contributed by atoms with van der Waals surface area (Å²) in [6, 6.07) is 0.111. The van der Waals surface area contributed by atoms with Gasteiger partial charge in [-0.25, -0.2) is 0 Å². The maximum atomic E-state index is 10.2. The Kier molecular flexibility index (Phi) is 0.858. The topological polar surface area (TPSA) is 59.2 Å². The van der Waals surface area contributed by atoms with Gasteiger partial charge in [0.05, 0.1) is 0 Å². The van der Waals surface area contributed by atoms with Gasteiger partial charge in [-0.05, 0) is 18.8 Å². The number of hydrogen-bond acceptors (Lipinski definition) is 2. The van der Waals surface area contributed by atoms with E-state index in [0.717, 1.165) is 0 Å². The van der Waals surface area contributed by atoms with Gasteiger partial charge >= 0.3 is 5.97 Å². The predicted octanol–water partition coefficient (Wildman–Crippen LogP) is -0.179. The zero-order chi connectivity index (χ0) is 6.43. The lowest BCUT2D eigenvalue weighted by molar-refractivity contribution is -0.136. The molecule has 9 heavy (non-hydrogen) atoms. The van der Waals surface area contributed by atoms with Gasteiger partial charge < -0.3 is 5.11 Å². The Labute approximate surface area is 53.1 Å². The lowest BCUT2D eigenvalue weighted by atomic mass is 10.2. The first-order valence-corrected chi connectivity index (χ1v) is 3.28. The Balaban J connectivity index is 1.87. The molecule has 2 N–H and O–H groups in total. The summed E-state index contributed by atoms with van der Waals surface area (Å²) < 4.78 is 0. The molecule has 0 amide bonds. The maximum Gasteiger partial charge on any atom is 0.322 e. The van der Waals surface area contributed by atoms with Crippen LogP contribution < -0.4 is 5.32 Å². The molecule has 3 nitrogen and oxygen atoms in total. The van der Waals surface area contributed by atoms with Gasteiger partial charge in [0.1, 0.15) is 6.04 Å². The minimum Gasteiger partial charge on any atom is -0.480 e. The second kappa shape index (κ2) is 1.48. The van der Waals surface area contributed by atoms with Crippen molar-refractivity contribution in [2.45, 2.75) is 24.9 Å². The average Bonchev–Trinajstić information content (AvgIpc) is 2.60. The van der Waals surface area contributed by atoms with Crippen molar-refractivity contribution in [3.63, 3.8) is 0 Å². The molecule has 0 aromatic heterocycles. The van der Waals surface area contributed by atoms with Crippen LogP contribution in [0.2, 0.25) is 0 Å². The lowest BCUT2D eigenvalue weighted by Gasteiger charge is -1.83. The van der Waals surface area contributed by atoms with Gasteiger partial charge in [0.2, 0.25) is 0 Å². The minimum atomic E-state index is -0.688. The molecular formula is C6H9NO2. The van der Waals surface area contributed by atoms with E-state index >= 15 is 0 Å². The summed E-state index contributed by atoms with van der Waals surface area (Å²) in [5.74, 6) is -0.00185. The number of carbonyl (C=O) groups is 1. The van der Waals surface area contributed by atoms with Crippen LogP contribution in [-0.2, 0) is 4.79 Å². The van der Waals surface area contributed by atoms with E-state index in [1.165, 1.54) is 12.8 Å². The number of nitrogens with one attached hydrogen (secondary N) is 1. The third-order valence-corrected chi connectivity index (χ3v) is 2.02. The highest BCUT2D eigenvalue weighted by Gasteiger charge is 2.50. The van der Waals surface area contributed by atoms with E-state index in [1.54, 1.807) is 0 Å². The summed E-state index contributed by atoms with van der Waals surface area (Å²) in [7, 11) is 0. The lowest BCUT2D eigenvalue weighted by Crippen LogP contribution is -2.09. The number of aliphatic carboxylic acids is 1. The van der Waals surface area contributed by atoms with Crippen LogP contribution in [0.15, 0.2) is 0 Å². The van der Waals surface area contributed by atoms with Gasteiger partial charge in [0.25, 0.3) is 0 Å². The first kappa shape index (κ1) is 5.23. The van der Waals surface area contributed by atoms with E-state index in [-0.39, 0.29) is 6.04 Å². The SMILES string of the molecule is O=C(O)C1NC1C1CC1. The van der Waals surface area contributed by atoms with Gasteiger partial charge in [0.15, 0.2) is 0 Å². The standard InChI is InChI=1S/C6H9NO2/c8-6(9)5-4(7-5)3-1-2-3/h3-5,7H,1-2H2,(H,8,9). The Morgan fingerprint density at radius 1 is 1.56 bits per heavy atom. The van der Waals surface area contributed by atoms with E-state index in [9.17, 15) is 4.79 Å². The van der Waals surface area contributed by atoms with Crippen molar-refractivity contribution in [2.75, 3.05) is 0 Å². The van der Waals surface area contributed by atoms with Crippen LogP contribution in [0.1, 0.15) is 12.8 Å². The number of carboxylic acid groups (broad SMARTS) is 1. The third-order valence-electron chi connectivity index (χ3n) is 2.02. The van der Waals surface area contributed by atoms with Crippen LogP contribution >= 0.6 is 0 Å². The van der Waals surface area contributed by atoms with Crippen LogP contribution in [0.3, 0.4) is 0 Å². The van der Waals surface area contributed by atoms with Gasteiger partial charge in [-0.15, -0.1) is 0 Å². The highest BCUT2D eigenvalue weighted by molar-refractivity contribution is 5.78. The first-order chi connectivity index (χ1) is 4.29. The zero-order valence-corrected chi connectivity index (χ0v) is 5.00. The van der Waals surface area contributed by atoms with Gasteiger partial charge in [-0.2, -0.15) is 0 Å². The summed E-state index contributed by atoms with van der Waals surface area (Å²) in [5.41, 5.74) is 0. The highest BCUT2D eigenvalue weighted by Crippen LogP contribution is 2.39. The largest absolute Gasteiger partial charge is 0.480 e. The molecule has 1 aliphatic carbocycles. The molecule has 0 bridgehead atoms. The van der Waals surface area contributed by atoms with E-state index in [2.05, 4.69) is 5.32 Å². The van der Waals surface area contributed by atoms with Crippen molar-refractivity contribution < 1.29 is 9.90 Å². The molecule has 0 aromatic rings. The predicted molar refractivity (Wildman–Crippen MR) is 31.1 cm³/mol. The van der Waals surface area contributed by atoms with Crippen molar-refractivity contribution >= 4 is 5.97 Å². The molecule has 2 unspecified atom stereocenters. The average molecular weight is 127 g/mol. The van der Waals surface area contributed by atoms with E-state index in [0.29, 0.717) is 12.0 Å². The fourth-order valence-corrected chi connectivity index (χ4v) is 1.24.